The van der Waals surface area contributed by atoms with Crippen LogP contribution < -0.4 is 9.64 Å². The van der Waals surface area contributed by atoms with Gasteiger partial charge in [-0.05, 0) is 43.2 Å². The summed E-state index contributed by atoms with van der Waals surface area (Å²) in [5.74, 6) is -0.0143. The number of methoxy groups -OCH3 is 1. The second kappa shape index (κ2) is 4.74. The Hall–Kier alpha value is -2.62. The summed E-state index contributed by atoms with van der Waals surface area (Å²) in [6.45, 7) is 3.79. The van der Waals surface area contributed by atoms with Crippen molar-refractivity contribution in [2.24, 2.45) is 0 Å². The standard InChI is InChI=1S/C17H15NO3/c1-10-5-4-6-11(2)15(10)18-16(19)13-8-7-12(21-3)9-14(13)17(18)20/h4-9H,1-3H3. The number of nitrogens with zero attached hydrogens (tertiary/aromatic N) is 1. The highest BCUT2D eigenvalue weighted by atomic mass is 16.5. The number of hydrogen-bond acceptors (Lipinski definition) is 3. The van der Waals surface area contributed by atoms with Crippen molar-refractivity contribution in [2.75, 3.05) is 12.0 Å². The van der Waals surface area contributed by atoms with Gasteiger partial charge in [-0.1, -0.05) is 18.2 Å². The van der Waals surface area contributed by atoms with Crippen LogP contribution in [0.25, 0.3) is 0 Å². The van der Waals surface area contributed by atoms with Crippen molar-refractivity contribution in [3.63, 3.8) is 0 Å². The number of carbonyl (C=O) groups excluding carboxylic acids is 2. The van der Waals surface area contributed by atoms with Gasteiger partial charge in [0.1, 0.15) is 5.75 Å². The van der Waals surface area contributed by atoms with Crippen molar-refractivity contribution in [2.45, 2.75) is 13.8 Å². The van der Waals surface area contributed by atoms with E-state index >= 15 is 0 Å². The molecule has 1 heterocycles. The highest BCUT2D eigenvalue weighted by Gasteiger charge is 2.38. The number of aryl methyl sites for hydroxylation is 2. The van der Waals surface area contributed by atoms with Gasteiger partial charge in [0.2, 0.25) is 0 Å². The van der Waals surface area contributed by atoms with E-state index in [-0.39, 0.29) is 11.8 Å². The Kier molecular flexibility index (Phi) is 3.01. The van der Waals surface area contributed by atoms with Gasteiger partial charge in [0.05, 0.1) is 23.9 Å². The first-order valence-corrected chi connectivity index (χ1v) is 6.67. The molecule has 21 heavy (non-hydrogen) atoms. The van der Waals surface area contributed by atoms with Gasteiger partial charge in [0.15, 0.2) is 0 Å². The molecule has 0 spiro atoms. The summed E-state index contributed by atoms with van der Waals surface area (Å²) < 4.78 is 5.13. The fraction of sp³-hybridized carbons (Fsp3) is 0.176. The summed E-state index contributed by atoms with van der Waals surface area (Å²) in [7, 11) is 1.53. The van der Waals surface area contributed by atoms with Gasteiger partial charge in [0, 0.05) is 0 Å². The molecular formula is C17H15NO3. The largest absolute Gasteiger partial charge is 0.497 e. The first kappa shape index (κ1) is 13.4. The quantitative estimate of drug-likeness (QED) is 0.795. The molecule has 106 valence electrons. The lowest BCUT2D eigenvalue weighted by Crippen LogP contribution is -2.30. The van der Waals surface area contributed by atoms with Crippen LogP contribution in [-0.2, 0) is 0 Å². The lowest BCUT2D eigenvalue weighted by Gasteiger charge is -2.19. The molecule has 0 saturated heterocycles. The number of fused-ring (bicyclic) bond motifs is 1. The van der Waals surface area contributed by atoms with Gasteiger partial charge in [-0.25, -0.2) is 4.90 Å². The number of anilines is 1. The van der Waals surface area contributed by atoms with E-state index in [9.17, 15) is 9.59 Å². The van der Waals surface area contributed by atoms with Crippen molar-refractivity contribution in [3.05, 3.63) is 58.7 Å². The maximum absolute atomic E-state index is 12.6. The third-order valence-electron chi connectivity index (χ3n) is 3.76. The zero-order chi connectivity index (χ0) is 15.1. The second-order valence-electron chi connectivity index (χ2n) is 5.10. The SMILES string of the molecule is COc1ccc2c(c1)C(=O)N(c1c(C)cccc1C)C2=O. The Bertz CT molecular complexity index is 744. The topological polar surface area (TPSA) is 46.6 Å². The predicted octanol–water partition coefficient (Wildman–Crippen LogP) is 3.11. The Morgan fingerprint density at radius 2 is 1.52 bits per heavy atom. The number of carbonyl (C=O) groups is 2. The second-order valence-corrected chi connectivity index (χ2v) is 5.10. The van der Waals surface area contributed by atoms with Gasteiger partial charge >= 0.3 is 0 Å². The van der Waals surface area contributed by atoms with Crippen molar-refractivity contribution in [1.82, 2.24) is 0 Å². The molecule has 0 N–H and O–H groups in total. The molecule has 2 aromatic carbocycles. The fourth-order valence-corrected chi connectivity index (χ4v) is 2.71. The first-order chi connectivity index (χ1) is 10.0. The van der Waals surface area contributed by atoms with Crippen molar-refractivity contribution >= 4 is 17.5 Å². The number of ether oxygens (including phenoxy) is 1. The number of hydrogen-bond donors (Lipinski definition) is 0. The van der Waals surface area contributed by atoms with E-state index in [1.54, 1.807) is 18.2 Å². The molecule has 1 aliphatic heterocycles. The summed E-state index contributed by atoms with van der Waals surface area (Å²) in [5.41, 5.74) is 3.28. The molecule has 0 radical (unpaired) electrons. The van der Waals surface area contributed by atoms with E-state index in [2.05, 4.69) is 0 Å². The first-order valence-electron chi connectivity index (χ1n) is 6.67. The molecule has 0 atom stereocenters. The van der Waals surface area contributed by atoms with Crippen molar-refractivity contribution in [1.29, 1.82) is 0 Å². The van der Waals surface area contributed by atoms with Crippen LogP contribution in [0.3, 0.4) is 0 Å². The molecule has 0 saturated carbocycles. The average Bonchev–Trinajstić information content (AvgIpc) is 2.72. The van der Waals surface area contributed by atoms with Crippen LogP contribution in [0, 0.1) is 13.8 Å². The van der Waals surface area contributed by atoms with Gasteiger partial charge in [-0.15, -0.1) is 0 Å². The Balaban J connectivity index is 2.16. The molecule has 3 rings (SSSR count). The summed E-state index contributed by atoms with van der Waals surface area (Å²) in [6, 6.07) is 10.7. The maximum atomic E-state index is 12.6. The van der Waals surface area contributed by atoms with Crippen LogP contribution in [-0.4, -0.2) is 18.9 Å². The number of imide groups is 1. The third-order valence-corrected chi connectivity index (χ3v) is 3.76. The van der Waals surface area contributed by atoms with E-state index < -0.39 is 0 Å². The molecule has 1 aliphatic rings. The predicted molar refractivity (Wildman–Crippen MR) is 80.1 cm³/mol. The summed E-state index contributed by atoms with van der Waals surface area (Å²) in [6.07, 6.45) is 0. The number of benzene rings is 2. The zero-order valence-corrected chi connectivity index (χ0v) is 12.1. The van der Waals surface area contributed by atoms with Gasteiger partial charge in [-0.2, -0.15) is 0 Å². The normalized spacial score (nSPS) is 13.6. The Morgan fingerprint density at radius 3 is 2.14 bits per heavy atom. The van der Waals surface area contributed by atoms with Crippen LogP contribution in [0.15, 0.2) is 36.4 Å². The van der Waals surface area contributed by atoms with Crippen LogP contribution in [0.2, 0.25) is 0 Å². The van der Waals surface area contributed by atoms with Gasteiger partial charge in [0.25, 0.3) is 11.8 Å². The van der Waals surface area contributed by atoms with E-state index in [1.807, 2.05) is 32.0 Å². The minimum absolute atomic E-state index is 0.282. The molecule has 0 fully saturated rings. The molecule has 0 unspecified atom stereocenters. The molecule has 2 aromatic rings. The molecular weight excluding hydrogens is 266 g/mol. The Morgan fingerprint density at radius 1 is 0.905 bits per heavy atom. The smallest absolute Gasteiger partial charge is 0.266 e. The van der Waals surface area contributed by atoms with Crippen LogP contribution in [0.4, 0.5) is 5.69 Å². The molecule has 4 heteroatoms. The van der Waals surface area contributed by atoms with Crippen LogP contribution in [0.1, 0.15) is 31.8 Å². The molecule has 0 bridgehead atoms. The van der Waals surface area contributed by atoms with E-state index in [0.717, 1.165) is 11.1 Å². The maximum Gasteiger partial charge on any atom is 0.266 e. The monoisotopic (exact) mass is 281 g/mol. The molecule has 0 aromatic heterocycles. The van der Waals surface area contributed by atoms with Crippen LogP contribution >= 0.6 is 0 Å². The van der Waals surface area contributed by atoms with E-state index in [1.165, 1.54) is 12.0 Å². The number of rotatable bonds is 2. The average molecular weight is 281 g/mol. The van der Waals surface area contributed by atoms with Crippen molar-refractivity contribution in [3.8, 4) is 5.75 Å². The lowest BCUT2D eigenvalue weighted by molar-refractivity contribution is 0.0925. The summed E-state index contributed by atoms with van der Waals surface area (Å²) in [4.78, 5) is 26.5. The lowest BCUT2D eigenvalue weighted by atomic mass is 10.1. The van der Waals surface area contributed by atoms with Crippen LogP contribution in [0.5, 0.6) is 5.75 Å². The molecule has 4 nitrogen and oxygen atoms in total. The highest BCUT2D eigenvalue weighted by molar-refractivity contribution is 6.35. The minimum Gasteiger partial charge on any atom is -0.497 e. The third kappa shape index (κ3) is 1.91. The summed E-state index contributed by atoms with van der Waals surface area (Å²) >= 11 is 0. The zero-order valence-electron chi connectivity index (χ0n) is 12.1. The molecule has 2 amide bonds. The van der Waals surface area contributed by atoms with E-state index in [0.29, 0.717) is 22.6 Å². The van der Waals surface area contributed by atoms with Gasteiger partial charge < -0.3 is 4.74 Å². The minimum atomic E-state index is -0.300. The fourth-order valence-electron chi connectivity index (χ4n) is 2.71. The summed E-state index contributed by atoms with van der Waals surface area (Å²) in [5, 5.41) is 0. The van der Waals surface area contributed by atoms with Gasteiger partial charge in [-0.3, -0.25) is 9.59 Å². The molecule has 0 aliphatic carbocycles. The van der Waals surface area contributed by atoms with E-state index in [4.69, 9.17) is 4.74 Å². The highest BCUT2D eigenvalue weighted by Crippen LogP contribution is 2.34. The Labute approximate surface area is 123 Å². The van der Waals surface area contributed by atoms with Crippen molar-refractivity contribution < 1.29 is 14.3 Å². The number of para-hydroxylation sites is 1. The number of amides is 2.